The van der Waals surface area contributed by atoms with Crippen molar-refractivity contribution in [1.29, 1.82) is 0 Å². The van der Waals surface area contributed by atoms with Crippen LogP contribution in [0.25, 0.3) is 0 Å². The van der Waals surface area contributed by atoms with Crippen LogP contribution in [-0.2, 0) is 12.8 Å². The third-order valence-corrected chi connectivity index (χ3v) is 5.40. The van der Waals surface area contributed by atoms with E-state index in [9.17, 15) is 0 Å². The molecule has 1 aromatic carbocycles. The first-order chi connectivity index (χ1) is 14.1. The van der Waals surface area contributed by atoms with Crippen LogP contribution in [0.15, 0.2) is 23.2 Å². The van der Waals surface area contributed by atoms with Crippen LogP contribution in [0.5, 0.6) is 11.5 Å². The maximum absolute atomic E-state index is 5.72. The maximum Gasteiger partial charge on any atom is 0.191 e. The van der Waals surface area contributed by atoms with Gasteiger partial charge in [-0.2, -0.15) is 0 Å². The third-order valence-electron chi connectivity index (χ3n) is 4.27. The summed E-state index contributed by atoms with van der Waals surface area (Å²) in [5.41, 5.74) is 2.33. The summed E-state index contributed by atoms with van der Waals surface area (Å²) in [5.74, 6) is 2.46. The number of ether oxygens (including phenoxy) is 2. The molecule has 2 rings (SSSR count). The lowest BCUT2D eigenvalue weighted by atomic mass is 10.1. The predicted molar refractivity (Wildman–Crippen MR) is 122 cm³/mol. The summed E-state index contributed by atoms with van der Waals surface area (Å²) in [6, 6.07) is 6.14. The van der Waals surface area contributed by atoms with E-state index in [1.54, 1.807) is 11.3 Å². The van der Waals surface area contributed by atoms with Crippen molar-refractivity contribution >= 4 is 17.3 Å². The van der Waals surface area contributed by atoms with Crippen molar-refractivity contribution in [1.82, 2.24) is 15.6 Å². The lowest BCUT2D eigenvalue weighted by Gasteiger charge is -2.14. The van der Waals surface area contributed by atoms with Gasteiger partial charge >= 0.3 is 0 Å². The standard InChI is InChI=1S/C22H34N4O2S/c1-6-23-22(25-14-12-21-16(4)26-17(5)29-21)24-13-11-18-9-10-19(27-7-2)20(15-18)28-8-3/h9-10,15H,6-8,11-14H2,1-5H3,(H2,23,24,25). The number of thiazole rings is 1. The van der Waals surface area contributed by atoms with Crippen LogP contribution >= 0.6 is 11.3 Å². The molecule has 7 heteroatoms. The second-order valence-corrected chi connectivity index (χ2v) is 7.86. The number of nitrogens with zero attached hydrogens (tertiary/aromatic N) is 2. The summed E-state index contributed by atoms with van der Waals surface area (Å²) in [5, 5.41) is 7.85. The molecule has 0 saturated heterocycles. The fourth-order valence-corrected chi connectivity index (χ4v) is 3.92. The van der Waals surface area contributed by atoms with Crippen molar-refractivity contribution in [2.45, 2.75) is 47.5 Å². The topological polar surface area (TPSA) is 67.8 Å². The number of hydrogen-bond donors (Lipinski definition) is 2. The minimum Gasteiger partial charge on any atom is -0.490 e. The van der Waals surface area contributed by atoms with Crippen LogP contribution in [0.3, 0.4) is 0 Å². The summed E-state index contributed by atoms with van der Waals surface area (Å²) in [6.07, 6.45) is 1.80. The maximum atomic E-state index is 5.72. The van der Waals surface area contributed by atoms with Crippen molar-refractivity contribution in [2.75, 3.05) is 32.8 Å². The van der Waals surface area contributed by atoms with Crippen molar-refractivity contribution in [2.24, 2.45) is 4.99 Å². The highest BCUT2D eigenvalue weighted by Gasteiger charge is 2.07. The van der Waals surface area contributed by atoms with Gasteiger partial charge in [-0.25, -0.2) is 4.98 Å². The zero-order chi connectivity index (χ0) is 21.1. The SMILES string of the molecule is CCNC(=NCCc1sc(C)nc1C)NCCc1ccc(OCC)c(OCC)c1. The van der Waals surface area contributed by atoms with Gasteiger partial charge in [0.05, 0.1) is 23.9 Å². The average molecular weight is 419 g/mol. The fraction of sp³-hybridized carbons (Fsp3) is 0.545. The molecule has 1 aromatic heterocycles. The molecule has 160 valence electrons. The van der Waals surface area contributed by atoms with Gasteiger partial charge in [0.2, 0.25) is 0 Å². The Morgan fingerprint density at radius 2 is 1.79 bits per heavy atom. The van der Waals surface area contributed by atoms with Crippen LogP contribution in [0.2, 0.25) is 0 Å². The summed E-state index contributed by atoms with van der Waals surface area (Å²) >= 11 is 1.76. The summed E-state index contributed by atoms with van der Waals surface area (Å²) < 4.78 is 11.4. The van der Waals surface area contributed by atoms with Crippen molar-refractivity contribution in [3.63, 3.8) is 0 Å². The van der Waals surface area contributed by atoms with E-state index in [0.29, 0.717) is 13.2 Å². The van der Waals surface area contributed by atoms with E-state index in [4.69, 9.17) is 14.5 Å². The van der Waals surface area contributed by atoms with E-state index in [1.165, 1.54) is 10.4 Å². The Morgan fingerprint density at radius 3 is 2.45 bits per heavy atom. The summed E-state index contributed by atoms with van der Waals surface area (Å²) in [7, 11) is 0. The van der Waals surface area contributed by atoms with Gasteiger partial charge in [-0.15, -0.1) is 11.3 Å². The molecule has 0 spiro atoms. The van der Waals surface area contributed by atoms with Gasteiger partial charge in [-0.3, -0.25) is 4.99 Å². The van der Waals surface area contributed by atoms with E-state index in [0.717, 1.165) is 60.6 Å². The molecular formula is C22H34N4O2S. The molecule has 1 heterocycles. The van der Waals surface area contributed by atoms with Crippen LogP contribution in [0, 0.1) is 13.8 Å². The molecule has 0 atom stereocenters. The molecule has 6 nitrogen and oxygen atoms in total. The lowest BCUT2D eigenvalue weighted by molar-refractivity contribution is 0.287. The van der Waals surface area contributed by atoms with Gasteiger partial charge in [0.1, 0.15) is 0 Å². The zero-order valence-corrected chi connectivity index (χ0v) is 19.1. The van der Waals surface area contributed by atoms with E-state index in [2.05, 4.69) is 41.6 Å². The average Bonchev–Trinajstić information content (AvgIpc) is 3.01. The highest BCUT2D eigenvalue weighted by Crippen LogP contribution is 2.28. The Kier molecular flexibility index (Phi) is 9.77. The van der Waals surface area contributed by atoms with E-state index in [-0.39, 0.29) is 0 Å². The molecule has 0 amide bonds. The van der Waals surface area contributed by atoms with Crippen LogP contribution in [0.4, 0.5) is 0 Å². The molecule has 0 fully saturated rings. The Morgan fingerprint density at radius 1 is 1.03 bits per heavy atom. The first-order valence-corrected chi connectivity index (χ1v) is 11.2. The van der Waals surface area contributed by atoms with Gasteiger partial charge in [-0.05, 0) is 58.7 Å². The number of aliphatic imine (C=N–C) groups is 1. The number of rotatable bonds is 11. The molecule has 2 N–H and O–H groups in total. The smallest absolute Gasteiger partial charge is 0.191 e. The Balaban J connectivity index is 1.89. The second-order valence-electron chi connectivity index (χ2n) is 6.58. The summed E-state index contributed by atoms with van der Waals surface area (Å²) in [4.78, 5) is 10.5. The van der Waals surface area contributed by atoms with Crippen molar-refractivity contribution in [3.05, 3.63) is 39.3 Å². The molecular weight excluding hydrogens is 384 g/mol. The zero-order valence-electron chi connectivity index (χ0n) is 18.3. The van der Waals surface area contributed by atoms with Crippen LogP contribution in [0.1, 0.15) is 41.9 Å². The first-order valence-electron chi connectivity index (χ1n) is 10.4. The van der Waals surface area contributed by atoms with Crippen molar-refractivity contribution in [3.8, 4) is 11.5 Å². The van der Waals surface area contributed by atoms with E-state index < -0.39 is 0 Å². The molecule has 29 heavy (non-hydrogen) atoms. The van der Waals surface area contributed by atoms with Gasteiger partial charge in [0.25, 0.3) is 0 Å². The third kappa shape index (κ3) is 7.57. The Labute approximate surface area is 178 Å². The highest BCUT2D eigenvalue weighted by molar-refractivity contribution is 7.11. The molecule has 0 radical (unpaired) electrons. The largest absolute Gasteiger partial charge is 0.490 e. The minimum absolute atomic E-state index is 0.623. The van der Waals surface area contributed by atoms with E-state index in [1.807, 2.05) is 26.8 Å². The van der Waals surface area contributed by atoms with Crippen LogP contribution in [-0.4, -0.2) is 43.8 Å². The van der Waals surface area contributed by atoms with Crippen LogP contribution < -0.4 is 20.1 Å². The number of benzene rings is 1. The number of nitrogens with one attached hydrogen (secondary N) is 2. The first kappa shape index (κ1) is 23.0. The highest BCUT2D eigenvalue weighted by atomic mass is 32.1. The Hall–Kier alpha value is -2.28. The molecule has 0 aliphatic heterocycles. The molecule has 0 aliphatic rings. The number of aryl methyl sites for hydroxylation is 2. The van der Waals surface area contributed by atoms with Gasteiger partial charge in [-0.1, -0.05) is 6.07 Å². The molecule has 0 saturated carbocycles. The summed E-state index contributed by atoms with van der Waals surface area (Å²) in [6.45, 7) is 13.8. The van der Waals surface area contributed by atoms with E-state index >= 15 is 0 Å². The van der Waals surface area contributed by atoms with Crippen molar-refractivity contribution < 1.29 is 9.47 Å². The minimum atomic E-state index is 0.623. The fourth-order valence-electron chi connectivity index (χ4n) is 2.99. The normalized spacial score (nSPS) is 11.4. The lowest BCUT2D eigenvalue weighted by Crippen LogP contribution is -2.38. The monoisotopic (exact) mass is 418 g/mol. The number of hydrogen-bond acceptors (Lipinski definition) is 5. The molecule has 0 aliphatic carbocycles. The molecule has 0 bridgehead atoms. The number of guanidine groups is 1. The van der Waals surface area contributed by atoms with Gasteiger partial charge in [0, 0.05) is 30.9 Å². The Bertz CT molecular complexity index is 789. The van der Waals surface area contributed by atoms with Gasteiger partial charge < -0.3 is 20.1 Å². The molecule has 0 unspecified atom stereocenters. The number of aromatic nitrogens is 1. The molecule has 2 aromatic rings. The quantitative estimate of drug-likeness (QED) is 0.428. The predicted octanol–water partition coefficient (Wildman–Crippen LogP) is 3.90. The second kappa shape index (κ2) is 12.3. The van der Waals surface area contributed by atoms with Gasteiger partial charge in [0.15, 0.2) is 17.5 Å².